The molecule has 0 saturated carbocycles. The molecule has 110 valence electrons. The van der Waals surface area contributed by atoms with Crippen molar-refractivity contribution in [3.8, 4) is 0 Å². The highest BCUT2D eigenvalue weighted by Crippen LogP contribution is 1.97. The van der Waals surface area contributed by atoms with Gasteiger partial charge in [0.05, 0.1) is 0 Å². The fourth-order valence-corrected chi connectivity index (χ4v) is 1.16. The van der Waals surface area contributed by atoms with Crippen molar-refractivity contribution < 1.29 is 9.59 Å². The Morgan fingerprint density at radius 2 is 1.63 bits per heavy atom. The first-order valence-electron chi connectivity index (χ1n) is 6.14. The van der Waals surface area contributed by atoms with Crippen LogP contribution in [0.4, 0.5) is 0 Å². The number of rotatable bonds is 4. The van der Waals surface area contributed by atoms with E-state index < -0.39 is 0 Å². The summed E-state index contributed by atoms with van der Waals surface area (Å²) in [4.78, 5) is 21.5. The van der Waals surface area contributed by atoms with Crippen molar-refractivity contribution in [1.82, 2.24) is 15.3 Å². The molecule has 1 N–H and O–H groups in total. The minimum Gasteiger partial charge on any atom is -0.348 e. The molecule has 0 aliphatic heterocycles. The summed E-state index contributed by atoms with van der Waals surface area (Å²) in [5.74, 6) is -0.185. The van der Waals surface area contributed by atoms with Crippen molar-refractivity contribution >= 4 is 11.8 Å². The molecule has 5 heteroatoms. The fourth-order valence-electron chi connectivity index (χ4n) is 1.16. The Bertz CT molecular complexity index is 317. The molecule has 0 saturated heterocycles. The van der Waals surface area contributed by atoms with E-state index >= 15 is 0 Å². The van der Waals surface area contributed by atoms with Crippen molar-refractivity contribution in [1.29, 1.82) is 0 Å². The van der Waals surface area contributed by atoms with Crippen LogP contribution in [0.1, 0.15) is 27.7 Å². The lowest BCUT2D eigenvalue weighted by Gasteiger charge is -2.25. The van der Waals surface area contributed by atoms with Gasteiger partial charge in [0.2, 0.25) is 5.91 Å². The van der Waals surface area contributed by atoms with Crippen molar-refractivity contribution in [2.45, 2.75) is 33.2 Å². The van der Waals surface area contributed by atoms with Crippen LogP contribution in [0, 0.1) is 0 Å². The molecular weight excluding hydrogens is 242 g/mol. The Morgan fingerprint density at radius 3 is 1.74 bits per heavy atom. The minimum atomic E-state index is -0.148. The summed E-state index contributed by atoms with van der Waals surface area (Å²) in [7, 11) is 3.65. The van der Waals surface area contributed by atoms with Crippen LogP contribution in [0.3, 0.4) is 0 Å². The van der Waals surface area contributed by atoms with Gasteiger partial charge in [0.15, 0.2) is 0 Å². The van der Waals surface area contributed by atoms with Gasteiger partial charge >= 0.3 is 0 Å². The van der Waals surface area contributed by atoms with Gasteiger partial charge in [0, 0.05) is 26.2 Å². The summed E-state index contributed by atoms with van der Waals surface area (Å²) in [5, 5.41) is 6.04. The van der Waals surface area contributed by atoms with Gasteiger partial charge in [-0.25, -0.2) is 5.01 Å². The molecule has 0 aliphatic rings. The summed E-state index contributed by atoms with van der Waals surface area (Å²) < 4.78 is 0. The standard InChI is InChI=1S/C7H14N2O.C7H13NO/c1-5-7(10)9(6-2)8(3)4;1-5-6(9)8-7(2,3)4/h5H,1,6H2,2-4H3;5H,1H2,2-4H3,(H,8,9). The SMILES string of the molecule is C=CC(=O)N(CC)N(C)C.C=CC(=O)NC(C)(C)C. The Hall–Kier alpha value is -1.62. The molecule has 0 spiro atoms. The first-order chi connectivity index (χ1) is 8.58. The van der Waals surface area contributed by atoms with E-state index in [1.165, 1.54) is 12.2 Å². The van der Waals surface area contributed by atoms with Gasteiger partial charge in [-0.3, -0.25) is 14.6 Å². The van der Waals surface area contributed by atoms with Crippen LogP contribution in [0.5, 0.6) is 0 Å². The van der Waals surface area contributed by atoms with E-state index in [0.29, 0.717) is 6.54 Å². The Morgan fingerprint density at radius 1 is 1.16 bits per heavy atom. The molecule has 19 heavy (non-hydrogen) atoms. The van der Waals surface area contributed by atoms with Gasteiger partial charge in [-0.15, -0.1) is 0 Å². The second kappa shape index (κ2) is 9.33. The summed E-state index contributed by atoms with van der Waals surface area (Å²) in [6.45, 7) is 15.1. The minimum absolute atomic E-state index is 0.0625. The number of nitrogens with one attached hydrogen (secondary N) is 1. The van der Waals surface area contributed by atoms with E-state index in [9.17, 15) is 9.59 Å². The Balaban J connectivity index is 0. The molecule has 0 aromatic heterocycles. The van der Waals surface area contributed by atoms with Gasteiger partial charge in [-0.1, -0.05) is 13.2 Å². The zero-order chi connectivity index (χ0) is 15.6. The predicted molar refractivity (Wildman–Crippen MR) is 79.4 cm³/mol. The van der Waals surface area contributed by atoms with Gasteiger partial charge in [-0.2, -0.15) is 0 Å². The van der Waals surface area contributed by atoms with E-state index in [2.05, 4.69) is 18.5 Å². The number of amides is 2. The molecule has 0 bridgehead atoms. The van der Waals surface area contributed by atoms with E-state index in [4.69, 9.17) is 0 Å². The van der Waals surface area contributed by atoms with Gasteiger partial charge < -0.3 is 5.32 Å². The van der Waals surface area contributed by atoms with E-state index in [0.717, 1.165) is 0 Å². The number of carbonyl (C=O) groups excluding carboxylic acids is 2. The first kappa shape index (κ1) is 19.7. The third-order valence-electron chi connectivity index (χ3n) is 1.89. The van der Waals surface area contributed by atoms with Crippen molar-refractivity contribution in [3.05, 3.63) is 25.3 Å². The van der Waals surface area contributed by atoms with Crippen molar-refractivity contribution in [3.63, 3.8) is 0 Å². The molecule has 0 aliphatic carbocycles. The van der Waals surface area contributed by atoms with Crippen LogP contribution < -0.4 is 5.32 Å². The maximum Gasteiger partial charge on any atom is 0.260 e. The number of hydrogen-bond acceptors (Lipinski definition) is 3. The predicted octanol–water partition coefficient (Wildman–Crippen LogP) is 1.58. The van der Waals surface area contributed by atoms with Gasteiger partial charge in [0.25, 0.3) is 5.91 Å². The Kier molecular flexibility index (Phi) is 9.68. The normalized spacial score (nSPS) is 10.1. The lowest BCUT2D eigenvalue weighted by molar-refractivity contribution is -0.138. The Labute approximate surface area is 116 Å². The second-order valence-corrected chi connectivity index (χ2v) is 5.05. The smallest absolute Gasteiger partial charge is 0.260 e. The van der Waals surface area contributed by atoms with Gasteiger partial charge in [0.1, 0.15) is 0 Å². The van der Waals surface area contributed by atoms with E-state index in [1.807, 2.05) is 41.8 Å². The number of likely N-dealkylation sites (N-methyl/N-ethyl adjacent to an activating group) is 1. The summed E-state index contributed by atoms with van der Waals surface area (Å²) in [6.07, 6.45) is 2.58. The molecule has 0 fully saturated rings. The van der Waals surface area contributed by atoms with Gasteiger partial charge in [-0.05, 0) is 39.8 Å². The molecule has 0 aromatic carbocycles. The van der Waals surface area contributed by atoms with Crippen molar-refractivity contribution in [2.75, 3.05) is 20.6 Å². The van der Waals surface area contributed by atoms with Crippen molar-refractivity contribution in [2.24, 2.45) is 0 Å². The maximum absolute atomic E-state index is 11.0. The van der Waals surface area contributed by atoms with Crippen LogP contribution in [-0.4, -0.2) is 48.0 Å². The lowest BCUT2D eigenvalue weighted by Crippen LogP contribution is -2.40. The van der Waals surface area contributed by atoms with Crippen LogP contribution in [0.15, 0.2) is 25.3 Å². The fraction of sp³-hybridized carbons (Fsp3) is 0.571. The van der Waals surface area contributed by atoms with Crippen LogP contribution >= 0.6 is 0 Å². The molecule has 0 rings (SSSR count). The van der Waals surface area contributed by atoms with Crippen LogP contribution in [0.25, 0.3) is 0 Å². The third-order valence-corrected chi connectivity index (χ3v) is 1.89. The van der Waals surface area contributed by atoms with Crippen LogP contribution in [-0.2, 0) is 9.59 Å². The quantitative estimate of drug-likeness (QED) is 0.623. The zero-order valence-electron chi connectivity index (χ0n) is 13.0. The monoisotopic (exact) mass is 269 g/mol. The molecule has 0 aromatic rings. The highest BCUT2D eigenvalue weighted by atomic mass is 16.2. The highest BCUT2D eigenvalue weighted by Gasteiger charge is 2.10. The van der Waals surface area contributed by atoms with E-state index in [-0.39, 0.29) is 17.4 Å². The molecule has 0 unspecified atom stereocenters. The first-order valence-corrected chi connectivity index (χ1v) is 6.14. The maximum atomic E-state index is 11.0. The van der Waals surface area contributed by atoms with E-state index in [1.54, 1.807) is 10.0 Å². The zero-order valence-corrected chi connectivity index (χ0v) is 13.0. The molecule has 0 atom stereocenters. The molecular formula is C14H27N3O2. The van der Waals surface area contributed by atoms with Crippen LogP contribution in [0.2, 0.25) is 0 Å². The summed E-state index contributed by atoms with van der Waals surface area (Å²) in [6, 6.07) is 0. The molecule has 0 radical (unpaired) electrons. The number of carbonyl (C=O) groups is 2. The number of nitrogens with zero attached hydrogens (tertiary/aromatic N) is 2. The summed E-state index contributed by atoms with van der Waals surface area (Å²) >= 11 is 0. The molecule has 0 heterocycles. The average molecular weight is 269 g/mol. The average Bonchev–Trinajstić information content (AvgIpc) is 2.27. The number of hydrogen-bond donors (Lipinski definition) is 1. The molecule has 2 amide bonds. The lowest BCUT2D eigenvalue weighted by atomic mass is 10.1. The topological polar surface area (TPSA) is 52.7 Å². The highest BCUT2D eigenvalue weighted by molar-refractivity contribution is 5.87. The second-order valence-electron chi connectivity index (χ2n) is 5.05. The summed E-state index contributed by atoms with van der Waals surface area (Å²) in [5.41, 5.74) is -0.148. The third kappa shape index (κ3) is 11.2. The largest absolute Gasteiger partial charge is 0.348 e. The number of hydrazine groups is 1. The molecule has 5 nitrogen and oxygen atoms in total.